The monoisotopic (exact) mass is 465 g/mol. The fourth-order valence-electron chi connectivity index (χ4n) is 2.76. The van der Waals surface area contributed by atoms with E-state index in [1.807, 2.05) is 30.3 Å². The van der Waals surface area contributed by atoms with Crippen LogP contribution in [0.25, 0.3) is 0 Å². The van der Waals surface area contributed by atoms with Crippen LogP contribution in [0.2, 0.25) is 0 Å². The number of benzene rings is 3. The van der Waals surface area contributed by atoms with Crippen LogP contribution in [0.1, 0.15) is 16.1 Å². The summed E-state index contributed by atoms with van der Waals surface area (Å²) in [7, 11) is 0. The van der Waals surface area contributed by atoms with E-state index >= 15 is 0 Å². The van der Waals surface area contributed by atoms with Gasteiger partial charge in [0.25, 0.3) is 5.91 Å². The number of thioether (sulfide) groups is 1. The summed E-state index contributed by atoms with van der Waals surface area (Å²) in [5.74, 6) is -0.801. The van der Waals surface area contributed by atoms with Gasteiger partial charge in [0, 0.05) is 22.5 Å². The summed E-state index contributed by atoms with van der Waals surface area (Å²) < 4.78 is 27.1. The van der Waals surface area contributed by atoms with Crippen molar-refractivity contribution >= 4 is 35.1 Å². The Balaban J connectivity index is 1.60. The van der Waals surface area contributed by atoms with E-state index in [1.165, 1.54) is 53.9 Å². The number of halogens is 2. The van der Waals surface area contributed by atoms with Crippen LogP contribution < -0.4 is 5.32 Å². The lowest BCUT2D eigenvalue weighted by atomic mass is 10.2. The van der Waals surface area contributed by atoms with E-state index in [9.17, 15) is 13.6 Å². The van der Waals surface area contributed by atoms with Gasteiger partial charge in [-0.1, -0.05) is 59.9 Å². The summed E-state index contributed by atoms with van der Waals surface area (Å²) >= 11 is 2.61. The molecule has 8 heteroatoms. The number of hydrogen-bond donors (Lipinski definition) is 1. The number of nitrogens with zero attached hydrogens (tertiary/aromatic N) is 2. The van der Waals surface area contributed by atoms with Crippen molar-refractivity contribution in [2.75, 3.05) is 5.32 Å². The van der Waals surface area contributed by atoms with Crippen LogP contribution in [0.5, 0.6) is 0 Å². The lowest BCUT2D eigenvalue weighted by Crippen LogP contribution is -2.16. The fraction of sp³-hybridized carbons (Fsp3) is 0.0417. The van der Waals surface area contributed by atoms with Gasteiger partial charge in [0.2, 0.25) is 0 Å². The van der Waals surface area contributed by atoms with Crippen molar-refractivity contribution in [3.63, 3.8) is 0 Å². The molecule has 0 aliphatic heterocycles. The molecular weight excluding hydrogens is 448 g/mol. The van der Waals surface area contributed by atoms with Crippen LogP contribution >= 0.6 is 23.5 Å². The topological polar surface area (TPSA) is 54.9 Å². The van der Waals surface area contributed by atoms with Crippen molar-refractivity contribution in [3.8, 4) is 0 Å². The molecule has 4 nitrogen and oxygen atoms in total. The van der Waals surface area contributed by atoms with Gasteiger partial charge in [0.1, 0.15) is 17.3 Å². The molecular formula is C24H17F2N3OS2. The first-order chi connectivity index (χ1) is 15.6. The number of amides is 1. The van der Waals surface area contributed by atoms with Crippen LogP contribution in [0.3, 0.4) is 0 Å². The highest BCUT2D eigenvalue weighted by molar-refractivity contribution is 7.99. The zero-order valence-electron chi connectivity index (χ0n) is 16.7. The maximum absolute atomic E-state index is 13.9. The predicted molar refractivity (Wildman–Crippen MR) is 123 cm³/mol. The Morgan fingerprint density at radius 2 is 1.62 bits per heavy atom. The van der Waals surface area contributed by atoms with Gasteiger partial charge in [-0.25, -0.2) is 18.7 Å². The van der Waals surface area contributed by atoms with Gasteiger partial charge >= 0.3 is 0 Å². The molecule has 0 unspecified atom stereocenters. The third kappa shape index (κ3) is 5.72. The third-order valence-electron chi connectivity index (χ3n) is 4.34. The number of carbonyl (C=O) groups excluding carboxylic acids is 1. The maximum atomic E-state index is 13.9. The van der Waals surface area contributed by atoms with Crippen molar-refractivity contribution in [1.29, 1.82) is 0 Å². The smallest absolute Gasteiger partial charge is 0.275 e. The van der Waals surface area contributed by atoms with Crippen molar-refractivity contribution in [3.05, 3.63) is 108 Å². The molecule has 1 heterocycles. The molecule has 3 aromatic carbocycles. The number of nitrogens with one attached hydrogen (secondary N) is 1. The van der Waals surface area contributed by atoms with Gasteiger partial charge < -0.3 is 5.32 Å². The predicted octanol–water partition coefficient (Wildman–Crippen LogP) is 6.45. The highest BCUT2D eigenvalue weighted by atomic mass is 32.2. The maximum Gasteiger partial charge on any atom is 0.275 e. The van der Waals surface area contributed by atoms with Gasteiger partial charge in [-0.2, -0.15) is 0 Å². The fourth-order valence-corrected chi connectivity index (χ4v) is 4.45. The number of carbonyl (C=O) groups is 1. The molecule has 0 bridgehead atoms. The summed E-state index contributed by atoms with van der Waals surface area (Å²) in [5.41, 5.74) is 1.17. The molecule has 32 heavy (non-hydrogen) atoms. The molecule has 0 fully saturated rings. The summed E-state index contributed by atoms with van der Waals surface area (Å²) in [6.07, 6.45) is 1.59. The second kappa shape index (κ2) is 10.4. The van der Waals surface area contributed by atoms with E-state index in [0.29, 0.717) is 27.1 Å². The van der Waals surface area contributed by atoms with E-state index in [4.69, 9.17) is 0 Å². The number of hydrogen-bond acceptors (Lipinski definition) is 5. The second-order valence-electron chi connectivity index (χ2n) is 6.62. The third-order valence-corrected chi connectivity index (χ3v) is 6.27. The molecule has 0 aliphatic rings. The summed E-state index contributed by atoms with van der Waals surface area (Å²) in [5, 5.41) is 3.10. The molecule has 0 aliphatic carbocycles. The van der Waals surface area contributed by atoms with Crippen molar-refractivity contribution in [2.45, 2.75) is 20.7 Å². The Morgan fingerprint density at radius 1 is 0.906 bits per heavy atom. The number of anilines is 1. The molecule has 1 amide bonds. The van der Waals surface area contributed by atoms with E-state index in [0.717, 1.165) is 4.90 Å². The largest absolute Gasteiger partial charge is 0.321 e. The summed E-state index contributed by atoms with van der Waals surface area (Å²) in [6.45, 7) is 0. The van der Waals surface area contributed by atoms with Gasteiger partial charge in [0.15, 0.2) is 5.16 Å². The molecule has 4 rings (SSSR count). The van der Waals surface area contributed by atoms with Crippen LogP contribution in [0.4, 0.5) is 14.5 Å². The van der Waals surface area contributed by atoms with Gasteiger partial charge in [-0.05, 0) is 48.0 Å². The van der Waals surface area contributed by atoms with E-state index in [1.54, 1.807) is 24.4 Å². The van der Waals surface area contributed by atoms with E-state index in [-0.39, 0.29) is 11.5 Å². The molecule has 1 aromatic heterocycles. The first-order valence-electron chi connectivity index (χ1n) is 9.61. The molecule has 4 aromatic rings. The Kier molecular flexibility index (Phi) is 7.14. The van der Waals surface area contributed by atoms with E-state index in [2.05, 4.69) is 15.3 Å². The van der Waals surface area contributed by atoms with Crippen LogP contribution in [0.15, 0.2) is 100 Å². The minimum absolute atomic E-state index is 0.189. The van der Waals surface area contributed by atoms with Crippen LogP contribution in [-0.4, -0.2) is 15.9 Å². The van der Waals surface area contributed by atoms with Crippen molar-refractivity contribution in [2.24, 2.45) is 0 Å². The Hall–Kier alpha value is -3.23. The Labute approximate surface area is 192 Å². The van der Waals surface area contributed by atoms with Crippen molar-refractivity contribution in [1.82, 2.24) is 9.97 Å². The SMILES string of the molecule is O=C(Nc1ccc(F)cc1)c1nc(SCc2ccccc2F)ncc1Sc1ccccc1. The quantitative estimate of drug-likeness (QED) is 0.251. The molecule has 0 spiro atoms. The number of rotatable bonds is 7. The standard InChI is InChI=1S/C24H17F2N3OS2/c25-17-10-12-18(13-11-17)28-23(30)22-21(32-19-7-2-1-3-8-19)14-27-24(29-22)31-15-16-6-4-5-9-20(16)26/h1-14H,15H2,(H,28,30). The minimum atomic E-state index is -0.440. The number of aromatic nitrogens is 2. The zero-order chi connectivity index (χ0) is 22.3. The van der Waals surface area contributed by atoms with Gasteiger partial charge in [-0.3, -0.25) is 4.79 Å². The normalized spacial score (nSPS) is 10.7. The molecule has 0 saturated heterocycles. The molecule has 0 atom stereocenters. The highest BCUT2D eigenvalue weighted by Crippen LogP contribution is 2.31. The molecule has 1 N–H and O–H groups in total. The average Bonchev–Trinajstić information content (AvgIpc) is 2.81. The van der Waals surface area contributed by atoms with Crippen LogP contribution in [-0.2, 0) is 5.75 Å². The van der Waals surface area contributed by atoms with Crippen molar-refractivity contribution < 1.29 is 13.6 Å². The first kappa shape index (κ1) is 22.0. The molecule has 0 radical (unpaired) electrons. The van der Waals surface area contributed by atoms with Crippen LogP contribution in [0, 0.1) is 11.6 Å². The Morgan fingerprint density at radius 3 is 2.38 bits per heavy atom. The Bertz CT molecular complexity index is 1220. The summed E-state index contributed by atoms with van der Waals surface area (Å²) in [6, 6.07) is 21.6. The zero-order valence-corrected chi connectivity index (χ0v) is 18.3. The second-order valence-corrected chi connectivity index (χ2v) is 8.68. The lowest BCUT2D eigenvalue weighted by molar-refractivity contribution is 0.101. The van der Waals surface area contributed by atoms with Gasteiger partial charge in [0.05, 0.1) is 4.90 Å². The summed E-state index contributed by atoms with van der Waals surface area (Å²) in [4.78, 5) is 23.3. The minimum Gasteiger partial charge on any atom is -0.321 e. The lowest BCUT2D eigenvalue weighted by Gasteiger charge is -2.11. The first-order valence-corrected chi connectivity index (χ1v) is 11.4. The van der Waals surface area contributed by atoms with E-state index < -0.39 is 11.7 Å². The average molecular weight is 466 g/mol. The highest BCUT2D eigenvalue weighted by Gasteiger charge is 2.17. The molecule has 0 saturated carbocycles. The van der Waals surface area contributed by atoms with Gasteiger partial charge in [-0.15, -0.1) is 0 Å². The molecule has 160 valence electrons.